The maximum absolute atomic E-state index is 12.5. The highest BCUT2D eigenvalue weighted by molar-refractivity contribution is 5.79. The molecular weight excluding hydrogens is 220 g/mol. The second kappa shape index (κ2) is 4.44. The third-order valence-corrected chi connectivity index (χ3v) is 2.22. The van der Waals surface area contributed by atoms with Crippen molar-refractivity contribution >= 4 is 5.97 Å². The van der Waals surface area contributed by atoms with E-state index in [4.69, 9.17) is 15.9 Å². The molecule has 0 aliphatic rings. The maximum atomic E-state index is 12.5. The molecule has 0 heterocycles. The summed E-state index contributed by atoms with van der Waals surface area (Å²) in [5.74, 6) is -1.78. The Morgan fingerprint density at radius 1 is 1.38 bits per heavy atom. The largest absolute Gasteiger partial charge is 0.508 e. The van der Waals surface area contributed by atoms with Gasteiger partial charge in [0.1, 0.15) is 5.75 Å². The first kappa shape index (κ1) is 12.4. The number of carboxylic acid groups (broad SMARTS) is 1. The average molecular weight is 231 g/mol. The van der Waals surface area contributed by atoms with Crippen molar-refractivity contribution in [3.8, 4) is 5.75 Å². The van der Waals surface area contributed by atoms with Crippen LogP contribution in [-0.4, -0.2) is 28.1 Å². The van der Waals surface area contributed by atoms with Gasteiger partial charge in [-0.2, -0.15) is 0 Å². The number of carboxylic acids is 1. The lowest BCUT2D eigenvalue weighted by Crippen LogP contribution is -2.55. The summed E-state index contributed by atoms with van der Waals surface area (Å²) in [4.78, 5) is 10.7. The van der Waals surface area contributed by atoms with E-state index >= 15 is 0 Å². The number of hydrogen-bond acceptors (Lipinski definition) is 3. The molecule has 0 fully saturated rings. The van der Waals surface area contributed by atoms with Crippen LogP contribution in [0.15, 0.2) is 24.3 Å². The van der Waals surface area contributed by atoms with Crippen molar-refractivity contribution in [1.82, 2.24) is 0 Å². The van der Waals surface area contributed by atoms with E-state index in [-0.39, 0.29) is 5.75 Å². The molecule has 0 amide bonds. The predicted molar refractivity (Wildman–Crippen MR) is 52.4 cm³/mol. The quantitative estimate of drug-likeness (QED) is 0.721. The Balaban J connectivity index is 2.93. The molecule has 1 aromatic rings. The van der Waals surface area contributed by atoms with Crippen molar-refractivity contribution < 1.29 is 23.8 Å². The molecule has 6 heteroatoms. The van der Waals surface area contributed by atoms with Gasteiger partial charge in [0.05, 0.1) is 0 Å². The number of carbonyl (C=O) groups is 1. The molecule has 0 aromatic heterocycles. The van der Waals surface area contributed by atoms with Gasteiger partial charge in [-0.05, 0) is 17.7 Å². The summed E-state index contributed by atoms with van der Waals surface area (Å²) in [7, 11) is 0. The van der Waals surface area contributed by atoms with E-state index in [2.05, 4.69) is 0 Å². The Morgan fingerprint density at radius 3 is 2.25 bits per heavy atom. The second-order valence-corrected chi connectivity index (χ2v) is 3.49. The zero-order valence-corrected chi connectivity index (χ0v) is 8.23. The molecule has 4 N–H and O–H groups in total. The van der Waals surface area contributed by atoms with Crippen LogP contribution in [0, 0.1) is 0 Å². The fraction of sp³-hybridized carbons (Fsp3) is 0.300. The molecule has 88 valence electrons. The average Bonchev–Trinajstić information content (AvgIpc) is 2.20. The number of rotatable bonds is 4. The molecule has 1 rings (SSSR count). The van der Waals surface area contributed by atoms with Crippen molar-refractivity contribution in [2.45, 2.75) is 18.4 Å². The normalized spacial score (nSPS) is 14.8. The van der Waals surface area contributed by atoms with Gasteiger partial charge in [-0.3, -0.25) is 0 Å². The number of nitrogens with two attached hydrogens (primary N) is 1. The third-order valence-electron chi connectivity index (χ3n) is 2.22. The van der Waals surface area contributed by atoms with E-state index in [1.807, 2.05) is 0 Å². The molecule has 1 unspecified atom stereocenters. The van der Waals surface area contributed by atoms with E-state index in [1.165, 1.54) is 24.3 Å². The van der Waals surface area contributed by atoms with E-state index in [0.29, 0.717) is 5.56 Å². The number of phenols is 1. The summed E-state index contributed by atoms with van der Waals surface area (Å²) >= 11 is 0. The summed E-state index contributed by atoms with van der Waals surface area (Å²) in [5.41, 5.74) is 2.86. The lowest BCUT2D eigenvalue weighted by molar-refractivity contribution is -0.149. The van der Waals surface area contributed by atoms with Crippen molar-refractivity contribution in [3.05, 3.63) is 29.8 Å². The van der Waals surface area contributed by atoms with Gasteiger partial charge in [0.2, 0.25) is 0 Å². The Labute approximate surface area is 90.3 Å². The van der Waals surface area contributed by atoms with Gasteiger partial charge in [-0.15, -0.1) is 0 Å². The van der Waals surface area contributed by atoms with Crippen molar-refractivity contribution in [2.75, 3.05) is 0 Å². The van der Waals surface area contributed by atoms with Crippen LogP contribution in [0.3, 0.4) is 0 Å². The summed E-state index contributed by atoms with van der Waals surface area (Å²) in [6, 6.07) is 5.26. The maximum Gasteiger partial charge on any atom is 0.330 e. The van der Waals surface area contributed by atoms with Crippen LogP contribution in [0.2, 0.25) is 0 Å². The highest BCUT2D eigenvalue weighted by Crippen LogP contribution is 2.20. The Kier molecular flexibility index (Phi) is 3.44. The monoisotopic (exact) mass is 231 g/mol. The minimum Gasteiger partial charge on any atom is -0.508 e. The van der Waals surface area contributed by atoms with E-state index < -0.39 is 24.4 Å². The molecule has 0 aliphatic heterocycles. The lowest BCUT2D eigenvalue weighted by atomic mass is 9.92. The number of halogens is 2. The first-order chi connectivity index (χ1) is 7.36. The van der Waals surface area contributed by atoms with Gasteiger partial charge < -0.3 is 15.9 Å². The summed E-state index contributed by atoms with van der Waals surface area (Å²) in [5, 5.41) is 17.6. The number of aliphatic carboxylic acids is 1. The molecule has 0 spiro atoms. The fourth-order valence-electron chi connectivity index (χ4n) is 1.20. The molecule has 1 atom stereocenters. The van der Waals surface area contributed by atoms with Crippen molar-refractivity contribution in [3.63, 3.8) is 0 Å². The summed E-state index contributed by atoms with van der Waals surface area (Å²) in [6.45, 7) is 0. The molecule has 0 radical (unpaired) electrons. The highest BCUT2D eigenvalue weighted by atomic mass is 19.3. The molecule has 0 saturated heterocycles. The first-order valence-corrected chi connectivity index (χ1v) is 4.44. The topological polar surface area (TPSA) is 83.5 Å². The SMILES string of the molecule is NC(Cc1ccc(O)cc1)(C(=O)O)C(F)F. The van der Waals surface area contributed by atoms with Crippen LogP contribution in [0.5, 0.6) is 5.75 Å². The Morgan fingerprint density at radius 2 is 1.88 bits per heavy atom. The molecular formula is C10H11F2NO3. The van der Waals surface area contributed by atoms with Crippen LogP contribution in [0.1, 0.15) is 5.56 Å². The number of benzene rings is 1. The highest BCUT2D eigenvalue weighted by Gasteiger charge is 2.43. The fourth-order valence-corrected chi connectivity index (χ4v) is 1.20. The van der Waals surface area contributed by atoms with E-state index in [1.54, 1.807) is 0 Å². The lowest BCUT2D eigenvalue weighted by Gasteiger charge is -2.23. The number of aromatic hydroxyl groups is 1. The smallest absolute Gasteiger partial charge is 0.330 e. The first-order valence-electron chi connectivity index (χ1n) is 4.44. The van der Waals surface area contributed by atoms with Gasteiger partial charge in [-0.25, -0.2) is 13.6 Å². The predicted octanol–water partition coefficient (Wildman–Crippen LogP) is 0.982. The molecule has 4 nitrogen and oxygen atoms in total. The van der Waals surface area contributed by atoms with Crippen LogP contribution in [-0.2, 0) is 11.2 Å². The zero-order valence-electron chi connectivity index (χ0n) is 8.23. The van der Waals surface area contributed by atoms with E-state index in [0.717, 1.165) is 0 Å². The number of alkyl halides is 2. The van der Waals surface area contributed by atoms with Gasteiger partial charge in [0.25, 0.3) is 6.43 Å². The van der Waals surface area contributed by atoms with Crippen LogP contribution in [0.25, 0.3) is 0 Å². The van der Waals surface area contributed by atoms with Crippen LogP contribution < -0.4 is 5.73 Å². The van der Waals surface area contributed by atoms with E-state index in [9.17, 15) is 13.6 Å². The molecule has 0 aliphatic carbocycles. The zero-order chi connectivity index (χ0) is 12.3. The van der Waals surface area contributed by atoms with Crippen LogP contribution >= 0.6 is 0 Å². The molecule has 0 bridgehead atoms. The van der Waals surface area contributed by atoms with Gasteiger partial charge in [-0.1, -0.05) is 12.1 Å². The minimum absolute atomic E-state index is 0.0289. The van der Waals surface area contributed by atoms with Crippen molar-refractivity contribution in [1.29, 1.82) is 0 Å². The van der Waals surface area contributed by atoms with Gasteiger partial charge in [0.15, 0.2) is 5.54 Å². The van der Waals surface area contributed by atoms with Gasteiger partial charge >= 0.3 is 5.97 Å². The molecule has 1 aromatic carbocycles. The summed E-state index contributed by atoms with van der Waals surface area (Å²) < 4.78 is 25.1. The van der Waals surface area contributed by atoms with Gasteiger partial charge in [0, 0.05) is 6.42 Å². The molecule has 0 saturated carbocycles. The Hall–Kier alpha value is -1.69. The third kappa shape index (κ3) is 2.46. The minimum atomic E-state index is -3.17. The summed E-state index contributed by atoms with van der Waals surface area (Å²) in [6.07, 6.45) is -3.67. The second-order valence-electron chi connectivity index (χ2n) is 3.49. The molecule has 16 heavy (non-hydrogen) atoms. The standard InChI is InChI=1S/C10H11F2NO3/c11-8(12)10(13,9(15)16)5-6-1-3-7(14)4-2-6/h1-4,8,14H,5,13H2,(H,15,16). The Bertz CT molecular complexity index is 380. The number of hydrogen-bond donors (Lipinski definition) is 3. The van der Waals surface area contributed by atoms with Crippen molar-refractivity contribution in [2.24, 2.45) is 5.73 Å². The van der Waals surface area contributed by atoms with Crippen LogP contribution in [0.4, 0.5) is 8.78 Å². The number of phenolic OH excluding ortho intramolecular Hbond substituents is 1.